The zero-order valence-electron chi connectivity index (χ0n) is 6.69. The van der Waals surface area contributed by atoms with E-state index in [0.717, 1.165) is 5.53 Å². The average Bonchev–Trinajstić information content (AvgIpc) is 1.78. The zero-order valence-corrected chi connectivity index (χ0v) is 8.96. The van der Waals surface area contributed by atoms with E-state index in [9.17, 15) is 0 Å². The van der Waals surface area contributed by atoms with E-state index < -0.39 is 20.2 Å². The molecule has 0 saturated carbocycles. The van der Waals surface area contributed by atoms with Gasteiger partial charge in [0.1, 0.15) is 0 Å². The molecule has 0 radical (unpaired) electrons. The summed E-state index contributed by atoms with van der Waals surface area (Å²) in [5, 5.41) is 45.1. The summed E-state index contributed by atoms with van der Waals surface area (Å²) in [4.78, 5) is 34.6. The van der Waals surface area contributed by atoms with Gasteiger partial charge in [0.2, 0.25) is 10.1 Å². The number of nitro groups is 2. The van der Waals surface area contributed by atoms with Gasteiger partial charge in [0.15, 0.2) is 5.53 Å². The van der Waals surface area contributed by atoms with Crippen LogP contribution in [0.15, 0.2) is 0 Å². The van der Waals surface area contributed by atoms with E-state index in [2.05, 4.69) is 0 Å². The number of hydrogen-bond donors (Lipinski definition) is 1. The second-order valence-corrected chi connectivity index (χ2v) is 1.06. The van der Waals surface area contributed by atoms with Gasteiger partial charge in [-0.15, -0.1) is 0 Å². The molecule has 0 aliphatic rings. The first kappa shape index (κ1) is 23.5. The van der Waals surface area contributed by atoms with Crippen molar-refractivity contribution in [3.63, 3.8) is 0 Å². The van der Waals surface area contributed by atoms with E-state index in [1.807, 2.05) is 0 Å². The van der Waals surface area contributed by atoms with Crippen LogP contribution in [0.2, 0.25) is 0 Å². The third-order valence-corrected chi connectivity index (χ3v) is 0.163. The van der Waals surface area contributed by atoms with Crippen LogP contribution >= 0.6 is 0 Å². The smallest absolute Gasteiger partial charge is 0.356 e. The van der Waals surface area contributed by atoms with Gasteiger partial charge >= 0.3 is 21.1 Å². The monoisotopic (exact) mass is 426 g/mol. The molecule has 0 atom stereocenters. The Bertz CT molecular complexity index is 203. The van der Waals surface area contributed by atoms with Crippen molar-refractivity contribution in [2.24, 2.45) is 0 Å². The molecule has 0 saturated heterocycles. The first-order valence-corrected chi connectivity index (χ1v) is 2.27. The minimum Gasteiger partial charge on any atom is -0.356 e. The largest absolute Gasteiger partial charge is 2.00 e. The number of hydrogen-bond acceptors (Lipinski definition) is 10. The van der Waals surface area contributed by atoms with Crippen molar-refractivity contribution in [3.05, 3.63) is 50.9 Å². The van der Waals surface area contributed by atoms with Gasteiger partial charge in [-0.25, -0.2) is 20.2 Å². The molecule has 0 aromatic heterocycles. The Morgan fingerprint density at radius 2 is 0.750 bits per heavy atom. The Kier molecular flexibility index (Phi) is 22.3. The summed E-state index contributed by atoms with van der Waals surface area (Å²) in [5.74, 6) is 0. The van der Waals surface area contributed by atoms with Crippen LogP contribution in [0.4, 0.5) is 0 Å². The maximum absolute atomic E-state index is 9.06. The standard InChI is InChI=1S/HN3O4.2NO3.Pt/c4-2(5)1-3(6)7;2*2-1(3)4;/h1H;;;/q;2*-1;+2. The third-order valence-electron chi connectivity index (χ3n) is 0.163. The summed E-state index contributed by atoms with van der Waals surface area (Å²) < 4.78 is 0. The van der Waals surface area contributed by atoms with E-state index >= 15 is 0 Å². The predicted octanol–water partition coefficient (Wildman–Crippen LogP) is -1.52. The van der Waals surface area contributed by atoms with Crippen molar-refractivity contribution < 1.29 is 41.3 Å². The fourth-order valence-corrected chi connectivity index (χ4v) is 0.0667. The summed E-state index contributed by atoms with van der Waals surface area (Å²) in [5.41, 5.74) is 0.750. The second kappa shape index (κ2) is 15.2. The van der Waals surface area contributed by atoms with Crippen LogP contribution in [-0.2, 0) is 21.1 Å². The maximum atomic E-state index is 9.06. The average molecular weight is 426 g/mol. The maximum Gasteiger partial charge on any atom is 2.00 e. The van der Waals surface area contributed by atoms with Crippen molar-refractivity contribution in [1.82, 2.24) is 5.53 Å². The van der Waals surface area contributed by atoms with Crippen LogP contribution in [-0.4, -0.2) is 20.2 Å². The number of nitrogens with zero attached hydrogens (tertiary/aromatic N) is 4. The summed E-state index contributed by atoms with van der Waals surface area (Å²) >= 11 is 0. The Balaban J connectivity index is -0.0000000700. The number of rotatable bonds is 2. The molecule has 0 amide bonds. The van der Waals surface area contributed by atoms with E-state index in [1.54, 1.807) is 0 Å². The predicted molar refractivity (Wildman–Crippen MR) is 37.8 cm³/mol. The van der Waals surface area contributed by atoms with Gasteiger partial charge in [-0.2, -0.15) is 0 Å². The fourth-order valence-electron chi connectivity index (χ4n) is 0.0667. The van der Waals surface area contributed by atoms with Gasteiger partial charge in [-0.3, -0.25) is 0 Å². The minimum absolute atomic E-state index is 0. The van der Waals surface area contributed by atoms with Crippen LogP contribution < -0.4 is 5.53 Å². The summed E-state index contributed by atoms with van der Waals surface area (Å²) in [7, 11) is 0. The van der Waals surface area contributed by atoms with Crippen LogP contribution in [0, 0.1) is 50.9 Å². The Hall–Kier alpha value is -2.31. The molecule has 0 rings (SSSR count). The van der Waals surface area contributed by atoms with Crippen molar-refractivity contribution >= 4 is 0 Å². The molecule has 0 aliphatic carbocycles. The van der Waals surface area contributed by atoms with Crippen molar-refractivity contribution in [2.45, 2.75) is 0 Å². The topological polar surface area (TPSA) is 231 Å². The Labute approximate surface area is 98.4 Å². The number of nitrogens with one attached hydrogen (secondary N) is 1. The van der Waals surface area contributed by atoms with Gasteiger partial charge in [0.05, 0.1) is 10.2 Å². The van der Waals surface area contributed by atoms with E-state index in [4.69, 9.17) is 50.9 Å². The van der Waals surface area contributed by atoms with Gasteiger partial charge in [-0.1, -0.05) is 0 Å². The number of hydrazine groups is 2. The van der Waals surface area contributed by atoms with E-state index in [0.29, 0.717) is 0 Å². The van der Waals surface area contributed by atoms with Crippen LogP contribution in [0.3, 0.4) is 0 Å². The fraction of sp³-hybridized carbons (Fsp3) is 0. The van der Waals surface area contributed by atoms with Gasteiger partial charge in [-0.05, 0) is 0 Å². The molecule has 0 aromatic rings. The van der Waals surface area contributed by atoms with Crippen molar-refractivity contribution in [1.29, 1.82) is 0 Å². The third kappa shape index (κ3) is 468. The molecule has 15 nitrogen and oxygen atoms in total. The summed E-state index contributed by atoms with van der Waals surface area (Å²) in [6, 6.07) is 0. The van der Waals surface area contributed by atoms with Crippen LogP contribution in [0.25, 0.3) is 0 Å². The van der Waals surface area contributed by atoms with Crippen molar-refractivity contribution in [3.8, 4) is 0 Å². The molecule has 0 heterocycles. The second-order valence-electron chi connectivity index (χ2n) is 1.06. The molecule has 0 aliphatic heterocycles. The quantitative estimate of drug-likeness (QED) is 0.393. The van der Waals surface area contributed by atoms with Crippen LogP contribution in [0.5, 0.6) is 0 Å². The zero-order chi connectivity index (χ0) is 13.0. The first-order chi connectivity index (χ1) is 6.59. The summed E-state index contributed by atoms with van der Waals surface area (Å²) in [6.07, 6.45) is 0. The minimum atomic E-state index is -1.75. The van der Waals surface area contributed by atoms with Gasteiger partial charge in [0.25, 0.3) is 0 Å². The van der Waals surface area contributed by atoms with E-state index in [-0.39, 0.29) is 21.1 Å². The molecular formula is HN5O10Pt. The SMILES string of the molecule is O=[N+]([O-])N[N+](=O)[O-].O=[N+]([O-])[O-].O=[N+]([O-])[O-].[Pt+2]. The molecule has 0 spiro atoms. The molecule has 0 bridgehead atoms. The molecule has 0 aromatic carbocycles. The first-order valence-electron chi connectivity index (χ1n) is 2.27. The van der Waals surface area contributed by atoms with Crippen LogP contribution in [0.1, 0.15) is 0 Å². The van der Waals surface area contributed by atoms with Crippen molar-refractivity contribution in [2.75, 3.05) is 0 Å². The molecule has 0 unspecified atom stereocenters. The molecule has 1 N–H and O–H groups in total. The van der Waals surface area contributed by atoms with Gasteiger partial charge < -0.3 is 30.6 Å². The van der Waals surface area contributed by atoms with Gasteiger partial charge in [0, 0.05) is 0 Å². The Morgan fingerprint density at radius 3 is 0.750 bits per heavy atom. The Morgan fingerprint density at radius 1 is 0.625 bits per heavy atom. The van der Waals surface area contributed by atoms with E-state index in [1.165, 1.54) is 0 Å². The summed E-state index contributed by atoms with van der Waals surface area (Å²) in [6.45, 7) is 0. The normalized spacial score (nSPS) is 6.25. The molecule has 16 heavy (non-hydrogen) atoms. The molecule has 96 valence electrons. The molecular weight excluding hydrogens is 425 g/mol. The molecule has 0 fully saturated rings. The molecule has 16 heteroatoms.